The van der Waals surface area contributed by atoms with E-state index >= 15 is 0 Å². The van der Waals surface area contributed by atoms with Gasteiger partial charge in [-0.1, -0.05) is 57.0 Å². The van der Waals surface area contributed by atoms with Crippen molar-refractivity contribution in [2.24, 2.45) is 5.92 Å². The molecule has 0 N–H and O–H groups in total. The van der Waals surface area contributed by atoms with E-state index in [2.05, 4.69) is 13.8 Å². The van der Waals surface area contributed by atoms with E-state index in [1.807, 2.05) is 30.3 Å². The first kappa shape index (κ1) is 12.9. The Morgan fingerprint density at radius 1 is 1.19 bits per heavy atom. The molecule has 0 spiro atoms. The zero-order valence-corrected chi connectivity index (χ0v) is 10.1. The summed E-state index contributed by atoms with van der Waals surface area (Å²) in [6.45, 7) is 5.18. The van der Waals surface area contributed by atoms with Gasteiger partial charge >= 0.3 is 0 Å². The zero-order chi connectivity index (χ0) is 11.8. The van der Waals surface area contributed by atoms with Gasteiger partial charge in [-0.2, -0.15) is 0 Å². The first-order chi connectivity index (χ1) is 7.77. The van der Waals surface area contributed by atoms with Gasteiger partial charge in [0, 0.05) is 12.2 Å². The monoisotopic (exact) mass is 220 g/mol. The van der Waals surface area contributed by atoms with E-state index in [-0.39, 0.29) is 12.4 Å². The van der Waals surface area contributed by atoms with Crippen LogP contribution in [0.25, 0.3) is 0 Å². The second-order valence-electron chi connectivity index (χ2n) is 3.99. The van der Waals surface area contributed by atoms with Crippen LogP contribution >= 0.6 is 0 Å². The van der Waals surface area contributed by atoms with Crippen molar-refractivity contribution in [2.45, 2.75) is 26.7 Å². The summed E-state index contributed by atoms with van der Waals surface area (Å²) in [5.41, 5.74) is 0.729. The maximum Gasteiger partial charge on any atom is 0.188 e. The molecule has 0 amide bonds. The van der Waals surface area contributed by atoms with Crippen molar-refractivity contribution < 1.29 is 9.53 Å². The number of carbonyl (C=O) groups is 1. The minimum absolute atomic E-state index is 0.0616. The number of ketones is 1. The molecule has 0 unspecified atom stereocenters. The first-order valence-corrected chi connectivity index (χ1v) is 5.93. The van der Waals surface area contributed by atoms with Crippen molar-refractivity contribution in [3.63, 3.8) is 0 Å². The predicted molar refractivity (Wildman–Crippen MR) is 65.7 cm³/mol. The van der Waals surface area contributed by atoms with Crippen LogP contribution in [0.4, 0.5) is 0 Å². The van der Waals surface area contributed by atoms with Crippen molar-refractivity contribution in [3.8, 4) is 0 Å². The second-order valence-corrected chi connectivity index (χ2v) is 3.99. The molecule has 0 saturated heterocycles. The van der Waals surface area contributed by atoms with Crippen molar-refractivity contribution >= 4 is 5.78 Å². The van der Waals surface area contributed by atoms with Crippen LogP contribution in [0.1, 0.15) is 37.0 Å². The van der Waals surface area contributed by atoms with Crippen LogP contribution in [-0.2, 0) is 4.74 Å². The molecule has 0 bridgehead atoms. The Hall–Kier alpha value is -1.15. The lowest BCUT2D eigenvalue weighted by Crippen LogP contribution is -2.14. The zero-order valence-electron chi connectivity index (χ0n) is 10.1. The smallest absolute Gasteiger partial charge is 0.188 e. The Bertz CT molecular complexity index is 302. The highest BCUT2D eigenvalue weighted by Gasteiger charge is 2.07. The van der Waals surface area contributed by atoms with E-state index in [1.165, 1.54) is 0 Å². The quantitative estimate of drug-likeness (QED) is 0.659. The van der Waals surface area contributed by atoms with Gasteiger partial charge in [0.2, 0.25) is 0 Å². The molecule has 0 radical (unpaired) electrons. The summed E-state index contributed by atoms with van der Waals surface area (Å²) in [5.74, 6) is 0.634. The van der Waals surface area contributed by atoms with Gasteiger partial charge in [-0.25, -0.2) is 0 Å². The molecule has 0 heterocycles. The number of carbonyl (C=O) groups excluding carboxylic acids is 1. The predicted octanol–water partition coefficient (Wildman–Crippen LogP) is 3.32. The summed E-state index contributed by atoms with van der Waals surface area (Å²) in [6, 6.07) is 9.29. The van der Waals surface area contributed by atoms with E-state index in [0.29, 0.717) is 12.5 Å². The molecule has 1 aromatic carbocycles. The fourth-order valence-electron chi connectivity index (χ4n) is 1.55. The summed E-state index contributed by atoms with van der Waals surface area (Å²) in [7, 11) is 0. The third-order valence-electron chi connectivity index (χ3n) is 2.84. The van der Waals surface area contributed by atoms with Crippen molar-refractivity contribution in [1.82, 2.24) is 0 Å². The van der Waals surface area contributed by atoms with E-state index in [4.69, 9.17) is 4.74 Å². The fraction of sp³-hybridized carbons (Fsp3) is 0.500. The maximum atomic E-state index is 11.7. The summed E-state index contributed by atoms with van der Waals surface area (Å²) in [4.78, 5) is 11.7. The Morgan fingerprint density at radius 2 is 1.81 bits per heavy atom. The second kappa shape index (κ2) is 7.18. The summed E-state index contributed by atoms with van der Waals surface area (Å²) in [6.07, 6.45) is 2.21. The van der Waals surface area contributed by atoms with Crippen molar-refractivity contribution in [2.75, 3.05) is 13.2 Å². The normalized spacial score (nSPS) is 10.7. The molecule has 0 aromatic heterocycles. The lowest BCUT2D eigenvalue weighted by molar-refractivity contribution is 0.0666. The first-order valence-electron chi connectivity index (χ1n) is 5.93. The molecule has 0 aliphatic rings. The van der Waals surface area contributed by atoms with E-state index < -0.39 is 0 Å². The highest BCUT2D eigenvalue weighted by atomic mass is 16.5. The molecule has 88 valence electrons. The van der Waals surface area contributed by atoms with Crippen molar-refractivity contribution in [1.29, 1.82) is 0 Å². The largest absolute Gasteiger partial charge is 0.373 e. The standard InChI is InChI=1S/C14H20O2/c1-3-12(4-2)10-16-11-14(15)13-8-6-5-7-9-13/h5-9,12H,3-4,10-11H2,1-2H3. The SMILES string of the molecule is CCC(CC)COCC(=O)c1ccccc1. The number of Topliss-reactive ketones (excluding diaryl/α,β-unsaturated/α-hetero) is 1. The third kappa shape index (κ3) is 4.15. The molecular weight excluding hydrogens is 200 g/mol. The summed E-state index contributed by atoms with van der Waals surface area (Å²) in [5, 5.41) is 0. The molecule has 0 aliphatic heterocycles. The molecule has 1 rings (SSSR count). The Balaban J connectivity index is 2.31. The molecule has 0 fully saturated rings. The van der Waals surface area contributed by atoms with Crippen LogP contribution in [0.5, 0.6) is 0 Å². The molecule has 1 aromatic rings. The van der Waals surface area contributed by atoms with Crippen LogP contribution in [0, 0.1) is 5.92 Å². The lowest BCUT2D eigenvalue weighted by Gasteiger charge is -2.11. The van der Waals surface area contributed by atoms with Gasteiger partial charge in [-0.3, -0.25) is 4.79 Å². The van der Waals surface area contributed by atoms with Gasteiger partial charge in [-0.15, -0.1) is 0 Å². The highest BCUT2D eigenvalue weighted by Crippen LogP contribution is 2.08. The van der Waals surface area contributed by atoms with Crippen LogP contribution in [0.2, 0.25) is 0 Å². The minimum Gasteiger partial charge on any atom is -0.373 e. The average molecular weight is 220 g/mol. The number of benzene rings is 1. The molecular formula is C14H20O2. The molecule has 2 heteroatoms. The van der Waals surface area contributed by atoms with E-state index in [0.717, 1.165) is 18.4 Å². The molecule has 0 aliphatic carbocycles. The topological polar surface area (TPSA) is 26.3 Å². The maximum absolute atomic E-state index is 11.7. The average Bonchev–Trinajstić information content (AvgIpc) is 2.35. The summed E-state index contributed by atoms with van der Waals surface area (Å²) >= 11 is 0. The van der Waals surface area contributed by atoms with Gasteiger partial charge in [0.1, 0.15) is 6.61 Å². The van der Waals surface area contributed by atoms with Gasteiger partial charge in [0.05, 0.1) is 0 Å². The summed E-state index contributed by atoms with van der Waals surface area (Å²) < 4.78 is 5.44. The number of hydrogen-bond donors (Lipinski definition) is 0. The molecule has 0 saturated carbocycles. The molecule has 0 atom stereocenters. The van der Waals surface area contributed by atoms with Crippen LogP contribution in [0.15, 0.2) is 30.3 Å². The van der Waals surface area contributed by atoms with Gasteiger partial charge in [0.25, 0.3) is 0 Å². The lowest BCUT2D eigenvalue weighted by atomic mass is 10.1. The van der Waals surface area contributed by atoms with E-state index in [1.54, 1.807) is 0 Å². The molecule has 2 nitrogen and oxygen atoms in total. The van der Waals surface area contributed by atoms with E-state index in [9.17, 15) is 4.79 Å². The van der Waals surface area contributed by atoms with Crippen LogP contribution in [-0.4, -0.2) is 19.0 Å². The Labute approximate surface area is 97.6 Å². The van der Waals surface area contributed by atoms with Crippen molar-refractivity contribution in [3.05, 3.63) is 35.9 Å². The van der Waals surface area contributed by atoms with Gasteiger partial charge in [0.15, 0.2) is 5.78 Å². The van der Waals surface area contributed by atoms with Crippen LogP contribution < -0.4 is 0 Å². The minimum atomic E-state index is 0.0616. The van der Waals surface area contributed by atoms with Gasteiger partial charge in [-0.05, 0) is 5.92 Å². The third-order valence-corrected chi connectivity index (χ3v) is 2.84. The number of ether oxygens (including phenoxy) is 1. The highest BCUT2D eigenvalue weighted by molar-refractivity contribution is 5.96. The Kier molecular flexibility index (Phi) is 5.79. The fourth-order valence-corrected chi connectivity index (χ4v) is 1.55. The number of rotatable bonds is 7. The number of hydrogen-bond acceptors (Lipinski definition) is 2. The van der Waals surface area contributed by atoms with Crippen LogP contribution in [0.3, 0.4) is 0 Å². The Morgan fingerprint density at radius 3 is 2.38 bits per heavy atom. The molecule has 16 heavy (non-hydrogen) atoms. The van der Waals surface area contributed by atoms with Gasteiger partial charge < -0.3 is 4.74 Å².